The Hall–Kier alpha value is -4.08. The fourth-order valence-electron chi connectivity index (χ4n) is 8.14. The molecule has 1 saturated carbocycles. The number of piperidine rings is 1. The van der Waals surface area contributed by atoms with E-state index in [-0.39, 0.29) is 70.3 Å². The molecule has 4 atom stereocenters. The van der Waals surface area contributed by atoms with E-state index in [2.05, 4.69) is 16.2 Å². The molecule has 2 N–H and O–H groups in total. The zero-order valence-corrected chi connectivity index (χ0v) is 27.4. The number of fused-ring (bicyclic) bond motifs is 4. The molecule has 8 nitrogen and oxygen atoms in total. The molecule has 4 aromatic rings. The number of sulfone groups is 1. The van der Waals surface area contributed by atoms with Crippen molar-refractivity contribution in [1.29, 1.82) is 0 Å². The van der Waals surface area contributed by atoms with Gasteiger partial charge in [-0.15, -0.1) is 6.42 Å². The summed E-state index contributed by atoms with van der Waals surface area (Å²) >= 11 is 0. The normalized spacial score (nSPS) is 24.7. The zero-order valence-electron chi connectivity index (χ0n) is 26.6. The van der Waals surface area contributed by atoms with Crippen molar-refractivity contribution in [1.82, 2.24) is 15.3 Å². The van der Waals surface area contributed by atoms with Crippen LogP contribution in [0.1, 0.15) is 37.7 Å². The van der Waals surface area contributed by atoms with Crippen LogP contribution >= 0.6 is 0 Å². The minimum absolute atomic E-state index is 0.0461. The van der Waals surface area contributed by atoms with Crippen molar-refractivity contribution >= 4 is 37.3 Å². The number of phenolic OH excluding ortho intramolecular Hbond substituents is 1. The monoisotopic (exact) mass is 678 g/mol. The summed E-state index contributed by atoms with van der Waals surface area (Å²) in [5.74, 6) is 0.970. The van der Waals surface area contributed by atoms with Gasteiger partial charge in [-0.3, -0.25) is 0 Å². The number of aromatic hydroxyl groups is 1. The molecule has 2 aliphatic heterocycles. The predicted molar refractivity (Wildman–Crippen MR) is 180 cm³/mol. The van der Waals surface area contributed by atoms with E-state index < -0.39 is 32.9 Å². The Labute approximate surface area is 277 Å². The van der Waals surface area contributed by atoms with E-state index in [1.54, 1.807) is 6.07 Å². The average Bonchev–Trinajstić information content (AvgIpc) is 3.33. The number of benzene rings is 3. The van der Waals surface area contributed by atoms with Gasteiger partial charge in [0.15, 0.2) is 15.7 Å². The Morgan fingerprint density at radius 2 is 1.85 bits per heavy atom. The number of aromatic nitrogens is 2. The summed E-state index contributed by atoms with van der Waals surface area (Å²) < 4.78 is 77.7. The summed E-state index contributed by atoms with van der Waals surface area (Å²) in [5, 5.41) is 14.3. The van der Waals surface area contributed by atoms with Crippen LogP contribution in [0.25, 0.3) is 32.8 Å². The summed E-state index contributed by atoms with van der Waals surface area (Å²) in [6.07, 6.45) is 9.40. The van der Waals surface area contributed by atoms with Crippen LogP contribution in [0.5, 0.6) is 11.8 Å². The van der Waals surface area contributed by atoms with E-state index in [9.17, 15) is 22.3 Å². The third-order valence-corrected chi connectivity index (χ3v) is 11.9. The van der Waals surface area contributed by atoms with Gasteiger partial charge in [0.25, 0.3) is 0 Å². The van der Waals surface area contributed by atoms with Gasteiger partial charge in [0.2, 0.25) is 0 Å². The molecule has 12 heteroatoms. The van der Waals surface area contributed by atoms with Gasteiger partial charge in [0.1, 0.15) is 29.1 Å². The van der Waals surface area contributed by atoms with Crippen molar-refractivity contribution in [2.75, 3.05) is 43.9 Å². The van der Waals surface area contributed by atoms with Gasteiger partial charge in [0, 0.05) is 42.2 Å². The van der Waals surface area contributed by atoms with Crippen LogP contribution in [-0.2, 0) is 9.84 Å². The van der Waals surface area contributed by atoms with Crippen molar-refractivity contribution in [2.45, 2.75) is 43.5 Å². The molecule has 3 fully saturated rings. The van der Waals surface area contributed by atoms with Crippen LogP contribution < -0.4 is 15.0 Å². The first-order valence-electron chi connectivity index (χ1n) is 16.4. The molecule has 3 aliphatic rings. The molecule has 0 radical (unpaired) electrons. The van der Waals surface area contributed by atoms with Crippen LogP contribution in [-0.4, -0.2) is 74.0 Å². The zero-order chi connectivity index (χ0) is 33.7. The minimum atomic E-state index is -3.26. The molecular formula is C36H37F3N4O4S. The van der Waals surface area contributed by atoms with Crippen LogP contribution in [0.3, 0.4) is 0 Å². The van der Waals surface area contributed by atoms with Crippen molar-refractivity contribution < 1.29 is 31.4 Å². The van der Waals surface area contributed by atoms with E-state index in [0.29, 0.717) is 42.6 Å². The molecule has 7 rings (SSSR count). The van der Waals surface area contributed by atoms with E-state index in [0.717, 1.165) is 25.7 Å². The summed E-state index contributed by atoms with van der Waals surface area (Å²) in [4.78, 5) is 11.3. The standard InChI is InChI=1S/C36H37F3N4O4S/c1-3-26-30(38)11-8-21-14-25(44)15-29(31(21)26)27-9-10-28-33(32(27)39)41-36(47-19-20-5-4-12-40-16-24(37)13-20)42-35(28)43-17-22-6-7-23(18-43)34(22)48(2,45)46/h1,8-11,14-15,20,22-24,34,40,44H,4-7,12-13,16-19H2,2H3/t20-,22?,23?,24-,34?/m1/s1. The first-order valence-corrected chi connectivity index (χ1v) is 18.3. The number of anilines is 1. The Kier molecular flexibility index (Phi) is 8.62. The number of hydrogen-bond donors (Lipinski definition) is 2. The highest BCUT2D eigenvalue weighted by Gasteiger charge is 2.47. The highest BCUT2D eigenvalue weighted by atomic mass is 32.2. The first-order chi connectivity index (χ1) is 23.0. The number of rotatable bonds is 6. The van der Waals surface area contributed by atoms with Gasteiger partial charge in [-0.05, 0) is 91.6 Å². The Morgan fingerprint density at radius 3 is 2.58 bits per heavy atom. The van der Waals surface area contributed by atoms with E-state index >= 15 is 4.39 Å². The second kappa shape index (κ2) is 12.7. The molecule has 48 heavy (non-hydrogen) atoms. The van der Waals surface area contributed by atoms with Crippen molar-refractivity contribution in [3.8, 4) is 35.2 Å². The SMILES string of the molecule is C#Cc1c(F)ccc2cc(O)cc(-c3ccc4c(N5CC6CCC(C5)C6S(C)(=O)=O)nc(OC[C@@H]5CCCNC[C@H](F)C5)nc4c3F)c12. The fraction of sp³-hybridized carbons (Fsp3) is 0.444. The first kappa shape index (κ1) is 32.5. The van der Waals surface area contributed by atoms with Gasteiger partial charge < -0.3 is 20.1 Å². The second-order valence-corrected chi connectivity index (χ2v) is 15.7. The number of hydrogen-bond acceptors (Lipinski definition) is 8. The highest BCUT2D eigenvalue weighted by Crippen LogP contribution is 2.44. The number of nitrogens with one attached hydrogen (secondary N) is 1. The molecule has 0 spiro atoms. The summed E-state index contributed by atoms with van der Waals surface area (Å²) in [5.41, 5.74) is 0.137. The smallest absolute Gasteiger partial charge is 0.319 e. The highest BCUT2D eigenvalue weighted by molar-refractivity contribution is 7.91. The van der Waals surface area contributed by atoms with E-state index in [4.69, 9.17) is 16.1 Å². The molecular weight excluding hydrogens is 641 g/mol. The van der Waals surface area contributed by atoms with E-state index in [1.807, 2.05) is 4.90 Å². The number of phenols is 1. The number of nitrogens with zero attached hydrogens (tertiary/aromatic N) is 3. The van der Waals surface area contributed by atoms with Gasteiger partial charge in [0.05, 0.1) is 17.4 Å². The minimum Gasteiger partial charge on any atom is -0.508 e. The summed E-state index contributed by atoms with van der Waals surface area (Å²) in [6, 6.07) is 8.60. The summed E-state index contributed by atoms with van der Waals surface area (Å²) in [6.45, 7) is 1.98. The van der Waals surface area contributed by atoms with Crippen molar-refractivity contribution in [3.05, 3.63) is 53.6 Å². The quantitative estimate of drug-likeness (QED) is 0.248. The number of alkyl halides is 1. The molecule has 252 valence electrons. The van der Waals surface area contributed by atoms with Crippen LogP contribution in [0.2, 0.25) is 0 Å². The largest absolute Gasteiger partial charge is 0.508 e. The predicted octanol–water partition coefficient (Wildman–Crippen LogP) is 5.78. The molecule has 3 heterocycles. The molecule has 3 aromatic carbocycles. The van der Waals surface area contributed by atoms with Crippen molar-refractivity contribution in [3.63, 3.8) is 0 Å². The van der Waals surface area contributed by atoms with Crippen molar-refractivity contribution in [2.24, 2.45) is 17.8 Å². The lowest BCUT2D eigenvalue weighted by Gasteiger charge is -2.38. The average molecular weight is 679 g/mol. The Bertz CT molecular complexity index is 2040. The lowest BCUT2D eigenvalue weighted by atomic mass is 9.93. The molecule has 2 unspecified atom stereocenters. The van der Waals surface area contributed by atoms with Crippen LogP contribution in [0.15, 0.2) is 36.4 Å². The number of terminal acetylenes is 1. The summed E-state index contributed by atoms with van der Waals surface area (Å²) in [7, 11) is -3.26. The molecule has 2 saturated heterocycles. The van der Waals surface area contributed by atoms with Crippen LogP contribution in [0.4, 0.5) is 19.0 Å². The fourth-order valence-corrected chi connectivity index (χ4v) is 9.99. The molecule has 0 amide bonds. The maximum Gasteiger partial charge on any atom is 0.319 e. The van der Waals surface area contributed by atoms with Gasteiger partial charge in [-0.2, -0.15) is 9.97 Å². The van der Waals surface area contributed by atoms with E-state index in [1.165, 1.54) is 36.6 Å². The Balaban J connectivity index is 1.35. The van der Waals surface area contributed by atoms with Gasteiger partial charge in [-0.25, -0.2) is 21.6 Å². The Morgan fingerprint density at radius 1 is 1.08 bits per heavy atom. The topological polar surface area (TPSA) is 105 Å². The lowest BCUT2D eigenvalue weighted by Crippen LogP contribution is -2.48. The maximum absolute atomic E-state index is 16.9. The molecule has 1 aromatic heterocycles. The van der Waals surface area contributed by atoms with Crippen LogP contribution in [0, 0.1) is 41.7 Å². The number of ether oxygens (including phenoxy) is 1. The molecule has 1 aliphatic carbocycles. The second-order valence-electron chi connectivity index (χ2n) is 13.5. The van der Waals surface area contributed by atoms with Gasteiger partial charge in [-0.1, -0.05) is 18.1 Å². The number of halogens is 3. The third kappa shape index (κ3) is 6.03. The molecule has 2 bridgehead atoms. The maximum atomic E-state index is 16.9. The lowest BCUT2D eigenvalue weighted by molar-refractivity contribution is 0.166. The van der Waals surface area contributed by atoms with Gasteiger partial charge >= 0.3 is 6.01 Å². The third-order valence-electron chi connectivity index (χ3n) is 10.2.